The van der Waals surface area contributed by atoms with Crippen molar-refractivity contribution in [2.45, 2.75) is 32.1 Å². The van der Waals surface area contributed by atoms with Crippen molar-refractivity contribution < 1.29 is 0 Å². The summed E-state index contributed by atoms with van der Waals surface area (Å²) in [5, 5.41) is 3.42. The molecule has 17 heavy (non-hydrogen) atoms. The van der Waals surface area contributed by atoms with Gasteiger partial charge in [-0.05, 0) is 61.9 Å². The molecule has 0 bridgehead atoms. The molecule has 0 aliphatic carbocycles. The summed E-state index contributed by atoms with van der Waals surface area (Å²) in [4.78, 5) is 0. The van der Waals surface area contributed by atoms with Gasteiger partial charge in [0.25, 0.3) is 0 Å². The molecule has 1 aliphatic heterocycles. The number of hydrogen-bond acceptors (Lipinski definition) is 2. The zero-order chi connectivity index (χ0) is 12.1. The van der Waals surface area contributed by atoms with Crippen molar-refractivity contribution in [3.63, 3.8) is 0 Å². The molecule has 0 aromatic heterocycles. The van der Waals surface area contributed by atoms with Gasteiger partial charge in [0.05, 0.1) is 0 Å². The first-order valence-electron chi connectivity index (χ1n) is 6.79. The Morgan fingerprint density at radius 2 is 2.12 bits per heavy atom. The largest absolute Gasteiger partial charge is 0.330 e. The third-order valence-corrected chi connectivity index (χ3v) is 3.75. The van der Waals surface area contributed by atoms with Crippen molar-refractivity contribution in [3.8, 4) is 0 Å². The molecular weight excluding hydrogens is 208 g/mol. The first kappa shape index (κ1) is 12.6. The summed E-state index contributed by atoms with van der Waals surface area (Å²) in [5.41, 5.74) is 8.66. The number of benzene rings is 1. The van der Waals surface area contributed by atoms with Crippen LogP contribution in [0.2, 0.25) is 0 Å². The zero-order valence-electron chi connectivity index (χ0n) is 10.8. The Kier molecular flexibility index (Phi) is 4.57. The van der Waals surface area contributed by atoms with Gasteiger partial charge in [0, 0.05) is 0 Å². The highest BCUT2D eigenvalue weighted by molar-refractivity contribution is 5.27. The Morgan fingerprint density at radius 1 is 1.35 bits per heavy atom. The molecule has 1 unspecified atom stereocenters. The second kappa shape index (κ2) is 6.18. The Morgan fingerprint density at radius 3 is 2.82 bits per heavy atom. The van der Waals surface area contributed by atoms with E-state index in [0.717, 1.165) is 32.0 Å². The predicted molar refractivity (Wildman–Crippen MR) is 73.2 cm³/mol. The van der Waals surface area contributed by atoms with Crippen LogP contribution in [0, 0.1) is 5.92 Å². The Labute approximate surface area is 105 Å². The monoisotopic (exact) mass is 232 g/mol. The molecule has 0 saturated carbocycles. The van der Waals surface area contributed by atoms with E-state index in [4.69, 9.17) is 5.73 Å². The van der Waals surface area contributed by atoms with E-state index >= 15 is 0 Å². The molecular formula is C15H24N2. The van der Waals surface area contributed by atoms with E-state index in [1.807, 2.05) is 0 Å². The van der Waals surface area contributed by atoms with Crippen LogP contribution in [0.3, 0.4) is 0 Å². The van der Waals surface area contributed by atoms with Crippen LogP contribution < -0.4 is 11.1 Å². The van der Waals surface area contributed by atoms with E-state index in [0.29, 0.717) is 5.92 Å². The van der Waals surface area contributed by atoms with Crippen LogP contribution in [0.15, 0.2) is 24.3 Å². The minimum absolute atomic E-state index is 0.582. The molecule has 1 aliphatic rings. The summed E-state index contributed by atoms with van der Waals surface area (Å²) >= 11 is 0. The maximum absolute atomic E-state index is 5.69. The fourth-order valence-electron chi connectivity index (χ4n) is 2.61. The van der Waals surface area contributed by atoms with Crippen LogP contribution in [0.4, 0.5) is 0 Å². The van der Waals surface area contributed by atoms with Gasteiger partial charge in [0.2, 0.25) is 0 Å². The first-order chi connectivity index (χ1) is 8.29. The lowest BCUT2D eigenvalue weighted by atomic mass is 9.88. The topological polar surface area (TPSA) is 38.0 Å². The third-order valence-electron chi connectivity index (χ3n) is 3.75. The maximum atomic E-state index is 5.69. The lowest BCUT2D eigenvalue weighted by Gasteiger charge is -2.23. The van der Waals surface area contributed by atoms with Gasteiger partial charge >= 0.3 is 0 Å². The van der Waals surface area contributed by atoms with Gasteiger partial charge in [-0.1, -0.05) is 31.2 Å². The Hall–Kier alpha value is -0.860. The highest BCUT2D eigenvalue weighted by Gasteiger charge is 2.15. The normalized spacial score (nSPS) is 19.2. The van der Waals surface area contributed by atoms with Gasteiger partial charge in [-0.15, -0.1) is 0 Å². The molecule has 1 fully saturated rings. The molecule has 0 spiro atoms. The zero-order valence-corrected chi connectivity index (χ0v) is 10.8. The average Bonchev–Trinajstić information content (AvgIpc) is 2.40. The third kappa shape index (κ3) is 3.55. The van der Waals surface area contributed by atoms with Crippen LogP contribution in [0.1, 0.15) is 36.8 Å². The van der Waals surface area contributed by atoms with E-state index in [9.17, 15) is 0 Å². The van der Waals surface area contributed by atoms with Crippen molar-refractivity contribution in [2.24, 2.45) is 11.7 Å². The summed E-state index contributed by atoms with van der Waals surface area (Å²) in [6.45, 7) is 5.32. The Bertz CT molecular complexity index is 343. The molecule has 0 amide bonds. The highest BCUT2D eigenvalue weighted by Crippen LogP contribution is 2.26. The molecule has 1 heterocycles. The van der Waals surface area contributed by atoms with Gasteiger partial charge < -0.3 is 11.1 Å². The van der Waals surface area contributed by atoms with Gasteiger partial charge in [0.15, 0.2) is 0 Å². The maximum Gasteiger partial charge on any atom is -0.00431 e. The molecule has 2 nitrogen and oxygen atoms in total. The van der Waals surface area contributed by atoms with E-state index in [1.54, 1.807) is 0 Å². The van der Waals surface area contributed by atoms with E-state index < -0.39 is 0 Å². The van der Waals surface area contributed by atoms with Crippen LogP contribution in [0.5, 0.6) is 0 Å². The van der Waals surface area contributed by atoms with E-state index in [2.05, 4.69) is 36.5 Å². The number of rotatable bonds is 4. The lowest BCUT2D eigenvalue weighted by Crippen LogP contribution is -2.26. The van der Waals surface area contributed by atoms with Gasteiger partial charge in [-0.3, -0.25) is 0 Å². The van der Waals surface area contributed by atoms with Crippen molar-refractivity contribution in [3.05, 3.63) is 35.4 Å². The summed E-state index contributed by atoms with van der Waals surface area (Å²) in [7, 11) is 0. The minimum Gasteiger partial charge on any atom is -0.330 e. The second-order valence-corrected chi connectivity index (χ2v) is 5.31. The number of nitrogens with two attached hydrogens (primary N) is 1. The average molecular weight is 232 g/mol. The number of hydrogen-bond donors (Lipinski definition) is 2. The lowest BCUT2D eigenvalue weighted by molar-refractivity contribution is 0.460. The van der Waals surface area contributed by atoms with Crippen molar-refractivity contribution in [2.75, 3.05) is 19.6 Å². The quantitative estimate of drug-likeness (QED) is 0.836. The Balaban J connectivity index is 2.05. The SMILES string of the molecule is CC(CN)Cc1cccc(C2CCNCC2)c1. The van der Waals surface area contributed by atoms with E-state index in [1.165, 1.54) is 24.0 Å². The van der Waals surface area contributed by atoms with Gasteiger partial charge in [-0.25, -0.2) is 0 Å². The van der Waals surface area contributed by atoms with Crippen molar-refractivity contribution in [1.82, 2.24) is 5.32 Å². The second-order valence-electron chi connectivity index (χ2n) is 5.31. The summed E-state index contributed by atoms with van der Waals surface area (Å²) in [6.07, 6.45) is 3.65. The summed E-state index contributed by atoms with van der Waals surface area (Å²) in [5.74, 6) is 1.34. The van der Waals surface area contributed by atoms with Crippen LogP contribution in [0.25, 0.3) is 0 Å². The van der Waals surface area contributed by atoms with Crippen LogP contribution in [-0.2, 0) is 6.42 Å². The van der Waals surface area contributed by atoms with Gasteiger partial charge in [0.1, 0.15) is 0 Å². The first-order valence-corrected chi connectivity index (χ1v) is 6.79. The van der Waals surface area contributed by atoms with Crippen molar-refractivity contribution >= 4 is 0 Å². The number of piperidine rings is 1. The van der Waals surface area contributed by atoms with Crippen molar-refractivity contribution in [1.29, 1.82) is 0 Å². The van der Waals surface area contributed by atoms with Crippen LogP contribution >= 0.6 is 0 Å². The van der Waals surface area contributed by atoms with Gasteiger partial charge in [-0.2, -0.15) is 0 Å². The smallest absolute Gasteiger partial charge is 0.00431 e. The fourth-order valence-corrected chi connectivity index (χ4v) is 2.61. The summed E-state index contributed by atoms with van der Waals surface area (Å²) < 4.78 is 0. The molecule has 1 atom stereocenters. The highest BCUT2D eigenvalue weighted by atomic mass is 14.9. The standard InChI is InChI=1S/C15H24N2/c1-12(11-16)9-13-3-2-4-15(10-13)14-5-7-17-8-6-14/h2-4,10,12,14,17H,5-9,11,16H2,1H3. The predicted octanol–water partition coefficient (Wildman–Crippen LogP) is 2.29. The molecule has 0 radical (unpaired) electrons. The van der Waals surface area contributed by atoms with E-state index in [-0.39, 0.29) is 0 Å². The summed E-state index contributed by atoms with van der Waals surface area (Å²) in [6, 6.07) is 9.11. The van der Waals surface area contributed by atoms with Crippen LogP contribution in [-0.4, -0.2) is 19.6 Å². The molecule has 3 N–H and O–H groups in total. The minimum atomic E-state index is 0.582. The molecule has 2 rings (SSSR count). The molecule has 1 aromatic rings. The number of nitrogens with one attached hydrogen (secondary N) is 1. The molecule has 1 aromatic carbocycles. The molecule has 2 heteroatoms. The molecule has 1 saturated heterocycles. The molecule has 94 valence electrons. The fraction of sp³-hybridized carbons (Fsp3) is 0.600.